The molecule has 0 spiro atoms. The van der Waals surface area contributed by atoms with Crippen molar-refractivity contribution in [2.24, 2.45) is 7.05 Å². The minimum Gasteiger partial charge on any atom is -0.443 e. The molecule has 0 aromatic carbocycles. The number of hydrogen-bond acceptors (Lipinski definition) is 6. The van der Waals surface area contributed by atoms with Crippen molar-refractivity contribution in [2.75, 3.05) is 0 Å². The van der Waals surface area contributed by atoms with E-state index in [1.54, 1.807) is 22.3 Å². The molecule has 0 unspecified atom stereocenters. The van der Waals surface area contributed by atoms with Crippen LogP contribution in [0.3, 0.4) is 0 Å². The fourth-order valence-corrected chi connectivity index (χ4v) is 3.76. The van der Waals surface area contributed by atoms with Gasteiger partial charge in [0.1, 0.15) is 6.26 Å². The van der Waals surface area contributed by atoms with E-state index >= 15 is 0 Å². The number of amides is 1. The fourth-order valence-electron chi connectivity index (χ4n) is 3.11. The number of oxazole rings is 1. The topological polar surface area (TPSA) is 85.8 Å². The first-order valence-corrected chi connectivity index (χ1v) is 9.92. The van der Waals surface area contributed by atoms with Crippen molar-refractivity contribution in [1.82, 2.24) is 25.1 Å². The highest BCUT2D eigenvalue weighted by Gasteiger charge is 2.20. The van der Waals surface area contributed by atoms with Gasteiger partial charge in [-0.2, -0.15) is 5.10 Å². The summed E-state index contributed by atoms with van der Waals surface area (Å²) in [6, 6.07) is 5.75. The molecule has 4 aromatic rings. The van der Waals surface area contributed by atoms with E-state index < -0.39 is 0 Å². The molecule has 8 heteroatoms. The van der Waals surface area contributed by atoms with E-state index in [0.717, 1.165) is 27.3 Å². The smallest absolute Gasteiger partial charge is 0.252 e. The summed E-state index contributed by atoms with van der Waals surface area (Å²) in [6.45, 7) is 6.29. The summed E-state index contributed by atoms with van der Waals surface area (Å²) in [5.74, 6) is 0.594. The zero-order chi connectivity index (χ0) is 19.8. The monoisotopic (exact) mass is 395 g/mol. The number of nitrogens with zero attached hydrogens (tertiary/aromatic N) is 4. The van der Waals surface area contributed by atoms with Crippen LogP contribution in [0.25, 0.3) is 21.8 Å². The summed E-state index contributed by atoms with van der Waals surface area (Å²) >= 11 is 1.56. The number of aryl methyl sites for hydroxylation is 2. The number of aromatic nitrogens is 4. The Hall–Kier alpha value is -3.00. The van der Waals surface area contributed by atoms with Gasteiger partial charge in [0.15, 0.2) is 5.65 Å². The standard InChI is InChI=1S/C20H21N5O2S/c1-11(2)15-8-14(17-12(3)24-25(4)18(17)23-15)19(26)21-9-13-10-27-20(22-13)16-6-5-7-28-16/h5-8,10-11H,9H2,1-4H3,(H,21,26). The second-order valence-corrected chi connectivity index (χ2v) is 7.91. The van der Waals surface area contributed by atoms with Gasteiger partial charge in [-0.05, 0) is 30.4 Å². The minimum atomic E-state index is -0.175. The van der Waals surface area contributed by atoms with Crippen LogP contribution < -0.4 is 5.32 Å². The molecule has 0 aliphatic carbocycles. The molecule has 0 radical (unpaired) electrons. The highest BCUT2D eigenvalue weighted by molar-refractivity contribution is 7.13. The van der Waals surface area contributed by atoms with Crippen LogP contribution in [-0.4, -0.2) is 25.7 Å². The lowest BCUT2D eigenvalue weighted by molar-refractivity contribution is 0.0952. The maximum Gasteiger partial charge on any atom is 0.252 e. The Balaban J connectivity index is 1.60. The molecule has 0 aliphatic rings. The van der Waals surface area contributed by atoms with Crippen LogP contribution in [-0.2, 0) is 13.6 Å². The lowest BCUT2D eigenvalue weighted by Gasteiger charge is -2.10. The van der Waals surface area contributed by atoms with Gasteiger partial charge in [-0.15, -0.1) is 11.3 Å². The molecule has 0 saturated heterocycles. The molecule has 1 amide bonds. The van der Waals surface area contributed by atoms with Crippen molar-refractivity contribution >= 4 is 28.3 Å². The molecular weight excluding hydrogens is 374 g/mol. The van der Waals surface area contributed by atoms with Crippen molar-refractivity contribution in [3.63, 3.8) is 0 Å². The number of fused-ring (bicyclic) bond motifs is 1. The predicted molar refractivity (Wildman–Crippen MR) is 108 cm³/mol. The number of nitrogens with one attached hydrogen (secondary N) is 1. The van der Waals surface area contributed by atoms with Crippen LogP contribution >= 0.6 is 11.3 Å². The maximum absolute atomic E-state index is 13.0. The molecule has 28 heavy (non-hydrogen) atoms. The van der Waals surface area contributed by atoms with Crippen LogP contribution in [0.4, 0.5) is 0 Å². The normalized spacial score (nSPS) is 11.5. The van der Waals surface area contributed by atoms with Crippen molar-refractivity contribution in [3.05, 3.63) is 52.5 Å². The SMILES string of the molecule is Cc1nn(C)c2nc(C(C)C)cc(C(=O)NCc3coc(-c4cccs4)n3)c12. The third-order valence-corrected chi connectivity index (χ3v) is 5.40. The number of rotatable bonds is 5. The van der Waals surface area contributed by atoms with Crippen molar-refractivity contribution in [3.8, 4) is 10.8 Å². The lowest BCUT2D eigenvalue weighted by atomic mass is 10.0. The molecule has 0 fully saturated rings. The number of pyridine rings is 1. The van der Waals surface area contributed by atoms with Crippen molar-refractivity contribution in [1.29, 1.82) is 0 Å². The number of carbonyl (C=O) groups is 1. The van der Waals surface area contributed by atoms with Gasteiger partial charge in [-0.25, -0.2) is 9.97 Å². The first kappa shape index (κ1) is 18.4. The van der Waals surface area contributed by atoms with Gasteiger partial charge in [0, 0.05) is 12.7 Å². The zero-order valence-corrected chi connectivity index (χ0v) is 17.0. The van der Waals surface area contributed by atoms with E-state index in [9.17, 15) is 4.79 Å². The van der Waals surface area contributed by atoms with Crippen LogP contribution in [0, 0.1) is 6.92 Å². The molecule has 0 saturated carbocycles. The molecular formula is C20H21N5O2S. The molecule has 0 aliphatic heterocycles. The highest BCUT2D eigenvalue weighted by atomic mass is 32.1. The Kier molecular flexibility index (Phi) is 4.72. The average Bonchev–Trinajstić information content (AvgIpc) is 3.40. The Morgan fingerprint density at radius 2 is 2.18 bits per heavy atom. The second kappa shape index (κ2) is 7.20. The second-order valence-electron chi connectivity index (χ2n) is 6.96. The summed E-state index contributed by atoms with van der Waals surface area (Å²) in [5.41, 5.74) is 3.62. The highest BCUT2D eigenvalue weighted by Crippen LogP contribution is 2.26. The van der Waals surface area contributed by atoms with Crippen LogP contribution in [0.2, 0.25) is 0 Å². The molecule has 7 nitrogen and oxygen atoms in total. The Morgan fingerprint density at radius 3 is 2.89 bits per heavy atom. The zero-order valence-electron chi connectivity index (χ0n) is 16.2. The van der Waals surface area contributed by atoms with E-state index in [0.29, 0.717) is 17.1 Å². The predicted octanol–water partition coefficient (Wildman–Crippen LogP) is 4.05. The Bertz CT molecular complexity index is 1140. The van der Waals surface area contributed by atoms with Gasteiger partial charge < -0.3 is 9.73 Å². The van der Waals surface area contributed by atoms with Gasteiger partial charge in [0.2, 0.25) is 5.89 Å². The van der Waals surface area contributed by atoms with E-state index in [1.807, 2.05) is 37.6 Å². The number of hydrogen-bond donors (Lipinski definition) is 1. The van der Waals surface area contributed by atoms with E-state index in [2.05, 4.69) is 34.2 Å². The van der Waals surface area contributed by atoms with Crippen LogP contribution in [0.1, 0.15) is 47.2 Å². The van der Waals surface area contributed by atoms with E-state index in [-0.39, 0.29) is 18.4 Å². The Morgan fingerprint density at radius 1 is 1.36 bits per heavy atom. The Labute approximate surface area is 166 Å². The third-order valence-electron chi connectivity index (χ3n) is 4.54. The first-order chi connectivity index (χ1) is 13.4. The summed E-state index contributed by atoms with van der Waals surface area (Å²) in [7, 11) is 1.84. The van der Waals surface area contributed by atoms with Gasteiger partial charge in [-0.1, -0.05) is 19.9 Å². The van der Waals surface area contributed by atoms with Gasteiger partial charge in [-0.3, -0.25) is 9.48 Å². The van der Waals surface area contributed by atoms with Crippen molar-refractivity contribution < 1.29 is 9.21 Å². The molecule has 4 heterocycles. The maximum atomic E-state index is 13.0. The number of thiophene rings is 1. The number of carbonyl (C=O) groups excluding carboxylic acids is 1. The minimum absolute atomic E-state index is 0.175. The van der Waals surface area contributed by atoms with Gasteiger partial charge in [0.05, 0.1) is 33.8 Å². The summed E-state index contributed by atoms with van der Waals surface area (Å²) < 4.78 is 7.24. The molecule has 4 aromatic heterocycles. The molecule has 0 atom stereocenters. The average molecular weight is 395 g/mol. The third kappa shape index (κ3) is 3.31. The summed E-state index contributed by atoms with van der Waals surface area (Å²) in [5, 5.41) is 10.1. The molecule has 144 valence electrons. The van der Waals surface area contributed by atoms with Crippen molar-refractivity contribution in [2.45, 2.75) is 33.2 Å². The fraction of sp³-hybridized carbons (Fsp3) is 0.300. The quantitative estimate of drug-likeness (QED) is 0.551. The molecule has 1 N–H and O–H groups in total. The summed E-state index contributed by atoms with van der Waals surface area (Å²) in [6.07, 6.45) is 1.58. The van der Waals surface area contributed by atoms with Gasteiger partial charge in [0.25, 0.3) is 5.91 Å². The first-order valence-electron chi connectivity index (χ1n) is 9.04. The van der Waals surface area contributed by atoms with E-state index in [4.69, 9.17) is 4.42 Å². The van der Waals surface area contributed by atoms with E-state index in [1.165, 1.54) is 0 Å². The lowest BCUT2D eigenvalue weighted by Crippen LogP contribution is -2.23. The van der Waals surface area contributed by atoms with Crippen LogP contribution in [0.5, 0.6) is 0 Å². The molecule has 0 bridgehead atoms. The summed E-state index contributed by atoms with van der Waals surface area (Å²) in [4.78, 5) is 23.1. The van der Waals surface area contributed by atoms with Gasteiger partial charge >= 0.3 is 0 Å². The molecule has 4 rings (SSSR count). The largest absolute Gasteiger partial charge is 0.443 e. The van der Waals surface area contributed by atoms with Crippen LogP contribution in [0.15, 0.2) is 34.3 Å².